The molecule has 1 aromatic heterocycles. The fourth-order valence-electron chi connectivity index (χ4n) is 1.53. The van der Waals surface area contributed by atoms with Crippen LogP contribution in [0.5, 0.6) is 5.88 Å². The molecule has 4 nitrogen and oxygen atoms in total. The van der Waals surface area contributed by atoms with Crippen molar-refractivity contribution in [2.45, 2.75) is 6.10 Å². The van der Waals surface area contributed by atoms with Crippen LogP contribution in [0.2, 0.25) is 0 Å². The minimum absolute atomic E-state index is 0.279. The lowest BCUT2D eigenvalue weighted by Crippen LogP contribution is -2.50. The number of para-hydroxylation sites is 1. The number of ether oxygens (including phenoxy) is 1. The van der Waals surface area contributed by atoms with Crippen LogP contribution in [-0.4, -0.2) is 29.4 Å². The molecule has 1 aliphatic heterocycles. The van der Waals surface area contributed by atoms with Crippen LogP contribution >= 0.6 is 0 Å². The van der Waals surface area contributed by atoms with Gasteiger partial charge in [-0.2, -0.15) is 0 Å². The summed E-state index contributed by atoms with van der Waals surface area (Å²) in [6, 6.07) is 7.98. The largest absolute Gasteiger partial charge is 0.470 e. The first-order valence-corrected chi connectivity index (χ1v) is 4.74. The van der Waals surface area contributed by atoms with Crippen molar-refractivity contribution in [1.82, 2.24) is 15.5 Å². The van der Waals surface area contributed by atoms with E-state index in [1.54, 1.807) is 0 Å². The van der Waals surface area contributed by atoms with Gasteiger partial charge in [-0.15, -0.1) is 5.10 Å². The van der Waals surface area contributed by atoms with Gasteiger partial charge < -0.3 is 10.1 Å². The molecule has 0 bridgehead atoms. The lowest BCUT2D eigenvalue weighted by Gasteiger charge is -2.26. The highest BCUT2D eigenvalue weighted by Gasteiger charge is 2.20. The molecule has 2 heterocycles. The first kappa shape index (κ1) is 7.82. The van der Waals surface area contributed by atoms with Crippen molar-refractivity contribution in [2.75, 3.05) is 13.1 Å². The Labute approximate surface area is 81.3 Å². The third-order valence-corrected chi connectivity index (χ3v) is 2.46. The van der Waals surface area contributed by atoms with E-state index in [1.165, 1.54) is 0 Å². The summed E-state index contributed by atoms with van der Waals surface area (Å²) in [5.41, 5.74) is 1.02. The van der Waals surface area contributed by atoms with E-state index in [2.05, 4.69) is 15.5 Å². The zero-order valence-electron chi connectivity index (χ0n) is 7.66. The summed E-state index contributed by atoms with van der Waals surface area (Å²) in [5, 5.41) is 11.3. The van der Waals surface area contributed by atoms with Gasteiger partial charge in [-0.05, 0) is 12.1 Å². The van der Waals surface area contributed by atoms with E-state index in [0.29, 0.717) is 5.88 Å². The van der Waals surface area contributed by atoms with Crippen molar-refractivity contribution < 1.29 is 4.74 Å². The Bertz CT molecular complexity index is 447. The zero-order valence-corrected chi connectivity index (χ0v) is 7.66. The van der Waals surface area contributed by atoms with Crippen molar-refractivity contribution in [3.05, 3.63) is 24.3 Å². The summed E-state index contributed by atoms with van der Waals surface area (Å²) in [6.45, 7) is 1.84. The monoisotopic (exact) mass is 189 g/mol. The average Bonchev–Trinajstić information content (AvgIpc) is 2.55. The van der Waals surface area contributed by atoms with E-state index in [0.717, 1.165) is 24.0 Å². The number of H-pyrrole nitrogens is 1. The zero-order chi connectivity index (χ0) is 9.38. The summed E-state index contributed by atoms with van der Waals surface area (Å²) in [7, 11) is 0. The number of fused-ring (bicyclic) bond motifs is 1. The maximum Gasteiger partial charge on any atom is 0.240 e. The molecule has 0 amide bonds. The first-order valence-electron chi connectivity index (χ1n) is 4.74. The summed E-state index contributed by atoms with van der Waals surface area (Å²) in [5.74, 6) is 0.715. The standard InChI is InChI=1S/C10H11N3O/c1-2-4-9-8(3-1)10(13-12-9)14-7-5-11-6-7/h1-4,7,11H,5-6H2,(H,12,13). The maximum atomic E-state index is 5.70. The molecule has 4 heteroatoms. The van der Waals surface area contributed by atoms with Crippen LogP contribution < -0.4 is 10.1 Å². The number of hydrogen-bond acceptors (Lipinski definition) is 3. The van der Waals surface area contributed by atoms with E-state index in [4.69, 9.17) is 4.74 Å². The minimum Gasteiger partial charge on any atom is -0.470 e. The Kier molecular flexibility index (Phi) is 1.67. The maximum absolute atomic E-state index is 5.70. The van der Waals surface area contributed by atoms with Gasteiger partial charge in [0.2, 0.25) is 5.88 Å². The summed E-state index contributed by atoms with van der Waals surface area (Å²) in [4.78, 5) is 0. The molecule has 0 radical (unpaired) electrons. The highest BCUT2D eigenvalue weighted by atomic mass is 16.5. The predicted octanol–water partition coefficient (Wildman–Crippen LogP) is 0.913. The number of benzene rings is 1. The molecule has 14 heavy (non-hydrogen) atoms. The van der Waals surface area contributed by atoms with Crippen LogP contribution in [0.1, 0.15) is 0 Å². The second-order valence-electron chi connectivity index (χ2n) is 3.47. The average molecular weight is 189 g/mol. The summed E-state index contributed by atoms with van der Waals surface area (Å²) >= 11 is 0. The smallest absolute Gasteiger partial charge is 0.240 e. The molecule has 0 spiro atoms. The first-order chi connectivity index (χ1) is 6.93. The quantitative estimate of drug-likeness (QED) is 0.738. The third-order valence-electron chi connectivity index (χ3n) is 2.46. The second kappa shape index (κ2) is 2.99. The van der Waals surface area contributed by atoms with Crippen LogP contribution in [0.25, 0.3) is 10.9 Å². The van der Waals surface area contributed by atoms with Crippen LogP contribution in [0.4, 0.5) is 0 Å². The van der Waals surface area contributed by atoms with Crippen LogP contribution in [0.3, 0.4) is 0 Å². The van der Waals surface area contributed by atoms with Gasteiger partial charge in [0.1, 0.15) is 6.10 Å². The number of rotatable bonds is 2. The van der Waals surface area contributed by atoms with Gasteiger partial charge in [-0.3, -0.25) is 5.10 Å². The number of hydrogen-bond donors (Lipinski definition) is 2. The Hall–Kier alpha value is -1.55. The van der Waals surface area contributed by atoms with Gasteiger partial charge in [0.05, 0.1) is 10.9 Å². The van der Waals surface area contributed by atoms with Crippen molar-refractivity contribution >= 4 is 10.9 Å². The van der Waals surface area contributed by atoms with Crippen molar-refractivity contribution in [2.24, 2.45) is 0 Å². The van der Waals surface area contributed by atoms with Gasteiger partial charge in [-0.1, -0.05) is 12.1 Å². The molecule has 0 saturated carbocycles. The van der Waals surface area contributed by atoms with Crippen LogP contribution in [0, 0.1) is 0 Å². The Morgan fingerprint density at radius 2 is 2.14 bits per heavy atom. The second-order valence-corrected chi connectivity index (χ2v) is 3.47. The molecule has 0 aliphatic carbocycles. The van der Waals surface area contributed by atoms with E-state index < -0.39 is 0 Å². The van der Waals surface area contributed by atoms with Gasteiger partial charge in [-0.25, -0.2) is 0 Å². The fraction of sp³-hybridized carbons (Fsp3) is 0.300. The lowest BCUT2D eigenvalue weighted by atomic mass is 10.2. The van der Waals surface area contributed by atoms with Gasteiger partial charge in [0.15, 0.2) is 0 Å². The highest BCUT2D eigenvalue weighted by Crippen LogP contribution is 2.23. The molecule has 72 valence electrons. The predicted molar refractivity (Wildman–Crippen MR) is 53.4 cm³/mol. The van der Waals surface area contributed by atoms with E-state index in [-0.39, 0.29) is 6.10 Å². The number of aromatic nitrogens is 2. The van der Waals surface area contributed by atoms with Crippen LogP contribution in [-0.2, 0) is 0 Å². The summed E-state index contributed by atoms with van der Waals surface area (Å²) in [6.07, 6.45) is 0.279. The molecular formula is C10H11N3O. The molecule has 0 atom stereocenters. The van der Waals surface area contributed by atoms with E-state index >= 15 is 0 Å². The molecule has 1 fully saturated rings. The molecule has 2 N–H and O–H groups in total. The van der Waals surface area contributed by atoms with Crippen molar-refractivity contribution in [1.29, 1.82) is 0 Å². The minimum atomic E-state index is 0.279. The molecule has 3 rings (SSSR count). The molecular weight excluding hydrogens is 178 g/mol. The third kappa shape index (κ3) is 1.15. The van der Waals surface area contributed by atoms with E-state index in [1.807, 2.05) is 24.3 Å². The molecule has 0 unspecified atom stereocenters. The van der Waals surface area contributed by atoms with Crippen LogP contribution in [0.15, 0.2) is 24.3 Å². The number of nitrogens with zero attached hydrogens (tertiary/aromatic N) is 1. The lowest BCUT2D eigenvalue weighted by molar-refractivity contribution is 0.138. The summed E-state index contributed by atoms with van der Waals surface area (Å²) < 4.78 is 5.70. The fourth-order valence-corrected chi connectivity index (χ4v) is 1.53. The van der Waals surface area contributed by atoms with Gasteiger partial charge >= 0.3 is 0 Å². The van der Waals surface area contributed by atoms with Crippen molar-refractivity contribution in [3.63, 3.8) is 0 Å². The Balaban J connectivity index is 1.95. The normalized spacial score (nSPS) is 16.9. The highest BCUT2D eigenvalue weighted by molar-refractivity contribution is 5.83. The number of nitrogens with one attached hydrogen (secondary N) is 2. The Morgan fingerprint density at radius 3 is 2.93 bits per heavy atom. The molecule has 2 aromatic rings. The topological polar surface area (TPSA) is 49.9 Å². The Morgan fingerprint density at radius 1 is 1.29 bits per heavy atom. The molecule has 1 aromatic carbocycles. The molecule has 1 saturated heterocycles. The van der Waals surface area contributed by atoms with E-state index in [9.17, 15) is 0 Å². The van der Waals surface area contributed by atoms with Crippen molar-refractivity contribution in [3.8, 4) is 5.88 Å². The van der Waals surface area contributed by atoms with Gasteiger partial charge in [0.25, 0.3) is 0 Å². The van der Waals surface area contributed by atoms with Gasteiger partial charge in [0, 0.05) is 13.1 Å². The SMILES string of the molecule is c1ccc2c(OC3CNC3)n[nH]c2c1. The number of aromatic amines is 1. The molecule has 1 aliphatic rings.